The molecule has 0 saturated carbocycles. The van der Waals surface area contributed by atoms with Gasteiger partial charge >= 0.3 is 0 Å². The second kappa shape index (κ2) is 6.20. The Morgan fingerprint density at radius 3 is 2.82 bits per heavy atom. The molecule has 4 nitrogen and oxygen atoms in total. The lowest BCUT2D eigenvalue weighted by atomic mass is 10.2. The Hall–Kier alpha value is -1.62. The van der Waals surface area contributed by atoms with Crippen LogP contribution >= 0.6 is 0 Å². The van der Waals surface area contributed by atoms with Crippen molar-refractivity contribution in [2.45, 2.75) is 26.3 Å². The molecular weight excluding hydrogens is 223 g/mol. The number of nitrogens with one attached hydrogen (secondary N) is 2. The number of carbonyl (C=O) groups is 1. The topological polar surface area (TPSA) is 61.4 Å². The van der Waals surface area contributed by atoms with E-state index >= 15 is 0 Å². The maximum Gasteiger partial charge on any atom is 0.225 e. The first kappa shape index (κ1) is 13.4. The van der Waals surface area contributed by atoms with Gasteiger partial charge < -0.3 is 15.7 Å². The minimum atomic E-state index is -0.748. The van der Waals surface area contributed by atoms with Crippen LogP contribution in [0.25, 0.3) is 0 Å². The molecule has 5 heteroatoms. The van der Waals surface area contributed by atoms with E-state index in [9.17, 15) is 9.18 Å². The first-order valence-corrected chi connectivity index (χ1v) is 5.54. The monoisotopic (exact) mass is 240 g/mol. The number of hydrogen-bond donors (Lipinski definition) is 3. The van der Waals surface area contributed by atoms with Crippen LogP contribution in [0.5, 0.6) is 5.75 Å². The van der Waals surface area contributed by atoms with Crippen molar-refractivity contribution in [3.63, 3.8) is 0 Å². The lowest BCUT2D eigenvalue weighted by molar-refractivity contribution is -0.116. The van der Waals surface area contributed by atoms with Gasteiger partial charge in [0.25, 0.3) is 0 Å². The van der Waals surface area contributed by atoms with Crippen LogP contribution in [-0.4, -0.2) is 23.6 Å². The average Bonchev–Trinajstić information content (AvgIpc) is 2.23. The summed E-state index contributed by atoms with van der Waals surface area (Å²) in [7, 11) is 0. The standard InChI is InChI=1S/C12H17FN2O2/c1-3-14-8(2)6-12(17)15-9-4-5-11(16)10(13)7-9/h4-5,7-8,14,16H,3,6H2,1-2H3,(H,15,17). The fraction of sp³-hybridized carbons (Fsp3) is 0.417. The molecule has 0 aliphatic heterocycles. The van der Waals surface area contributed by atoms with Crippen LogP contribution in [0.3, 0.4) is 0 Å². The SMILES string of the molecule is CCNC(C)CC(=O)Nc1ccc(O)c(F)c1. The Bertz CT molecular complexity index is 396. The zero-order valence-electron chi connectivity index (χ0n) is 9.96. The number of hydrogen-bond acceptors (Lipinski definition) is 3. The summed E-state index contributed by atoms with van der Waals surface area (Å²) < 4.78 is 13.0. The van der Waals surface area contributed by atoms with Crippen molar-refractivity contribution in [3.8, 4) is 5.75 Å². The highest BCUT2D eigenvalue weighted by Crippen LogP contribution is 2.19. The average molecular weight is 240 g/mol. The maximum absolute atomic E-state index is 13.0. The number of benzene rings is 1. The van der Waals surface area contributed by atoms with Crippen LogP contribution in [0.1, 0.15) is 20.3 Å². The molecule has 1 unspecified atom stereocenters. The summed E-state index contributed by atoms with van der Waals surface area (Å²) >= 11 is 0. The van der Waals surface area contributed by atoms with E-state index in [1.165, 1.54) is 12.1 Å². The first-order valence-electron chi connectivity index (χ1n) is 5.54. The van der Waals surface area contributed by atoms with Crippen molar-refractivity contribution in [1.82, 2.24) is 5.32 Å². The van der Waals surface area contributed by atoms with Crippen molar-refractivity contribution in [1.29, 1.82) is 0 Å². The molecule has 0 aromatic heterocycles. The van der Waals surface area contributed by atoms with Crippen LogP contribution in [0.2, 0.25) is 0 Å². The van der Waals surface area contributed by atoms with Gasteiger partial charge in [-0.1, -0.05) is 6.92 Å². The van der Waals surface area contributed by atoms with E-state index in [4.69, 9.17) is 5.11 Å². The molecule has 17 heavy (non-hydrogen) atoms. The summed E-state index contributed by atoms with van der Waals surface area (Å²) in [6.45, 7) is 4.66. The number of amides is 1. The van der Waals surface area contributed by atoms with E-state index < -0.39 is 11.6 Å². The summed E-state index contributed by atoms with van der Waals surface area (Å²) in [6.07, 6.45) is 0.316. The Morgan fingerprint density at radius 2 is 2.24 bits per heavy atom. The van der Waals surface area contributed by atoms with E-state index in [1.807, 2.05) is 13.8 Å². The molecule has 0 radical (unpaired) electrons. The molecule has 1 aromatic carbocycles. The molecular formula is C12H17FN2O2. The van der Waals surface area contributed by atoms with Crippen LogP contribution in [0.15, 0.2) is 18.2 Å². The van der Waals surface area contributed by atoms with Crippen molar-refractivity contribution >= 4 is 11.6 Å². The molecule has 0 aliphatic rings. The molecule has 1 amide bonds. The molecule has 0 saturated heterocycles. The molecule has 1 aromatic rings. The largest absolute Gasteiger partial charge is 0.505 e. The highest BCUT2D eigenvalue weighted by atomic mass is 19.1. The van der Waals surface area contributed by atoms with E-state index in [0.29, 0.717) is 12.1 Å². The zero-order chi connectivity index (χ0) is 12.8. The van der Waals surface area contributed by atoms with Crippen LogP contribution in [0, 0.1) is 5.82 Å². The molecule has 1 rings (SSSR count). The smallest absolute Gasteiger partial charge is 0.225 e. The van der Waals surface area contributed by atoms with Gasteiger partial charge in [0.2, 0.25) is 5.91 Å². The normalized spacial score (nSPS) is 12.2. The summed E-state index contributed by atoms with van der Waals surface area (Å²) in [6, 6.07) is 3.82. The summed E-state index contributed by atoms with van der Waals surface area (Å²) in [4.78, 5) is 11.6. The number of rotatable bonds is 5. The molecule has 94 valence electrons. The Labute approximate surface area is 99.8 Å². The predicted molar refractivity (Wildman–Crippen MR) is 64.5 cm³/mol. The van der Waals surface area contributed by atoms with E-state index in [2.05, 4.69) is 10.6 Å². The second-order valence-electron chi connectivity index (χ2n) is 3.88. The van der Waals surface area contributed by atoms with E-state index in [1.54, 1.807) is 0 Å². The third-order valence-electron chi connectivity index (χ3n) is 2.28. The molecule has 0 spiro atoms. The van der Waals surface area contributed by atoms with Gasteiger partial charge in [-0.05, 0) is 25.6 Å². The van der Waals surface area contributed by atoms with Crippen molar-refractivity contribution in [2.75, 3.05) is 11.9 Å². The van der Waals surface area contributed by atoms with E-state index in [0.717, 1.165) is 12.6 Å². The van der Waals surface area contributed by atoms with Crippen LogP contribution in [-0.2, 0) is 4.79 Å². The van der Waals surface area contributed by atoms with Gasteiger partial charge in [-0.3, -0.25) is 4.79 Å². The minimum absolute atomic E-state index is 0.0713. The summed E-state index contributed by atoms with van der Waals surface area (Å²) in [5.74, 6) is -1.37. The van der Waals surface area contributed by atoms with Gasteiger partial charge in [0.15, 0.2) is 11.6 Å². The fourth-order valence-corrected chi connectivity index (χ4v) is 1.50. The summed E-state index contributed by atoms with van der Waals surface area (Å²) in [5, 5.41) is 14.7. The number of carbonyl (C=O) groups excluding carboxylic acids is 1. The number of anilines is 1. The first-order chi connectivity index (χ1) is 8.02. The van der Waals surface area contributed by atoms with Crippen molar-refractivity contribution in [2.24, 2.45) is 0 Å². The van der Waals surface area contributed by atoms with Gasteiger partial charge in [0.05, 0.1) is 0 Å². The maximum atomic E-state index is 13.0. The van der Waals surface area contributed by atoms with Crippen molar-refractivity contribution in [3.05, 3.63) is 24.0 Å². The Kier molecular flexibility index (Phi) is 4.90. The highest BCUT2D eigenvalue weighted by Gasteiger charge is 2.09. The Balaban J connectivity index is 2.53. The van der Waals surface area contributed by atoms with Gasteiger partial charge in [-0.25, -0.2) is 4.39 Å². The fourth-order valence-electron chi connectivity index (χ4n) is 1.50. The minimum Gasteiger partial charge on any atom is -0.505 e. The van der Waals surface area contributed by atoms with Gasteiger partial charge in [0.1, 0.15) is 0 Å². The van der Waals surface area contributed by atoms with Crippen molar-refractivity contribution < 1.29 is 14.3 Å². The quantitative estimate of drug-likeness (QED) is 0.688. The molecule has 0 aliphatic carbocycles. The predicted octanol–water partition coefficient (Wildman–Crippen LogP) is 1.86. The lowest BCUT2D eigenvalue weighted by Gasteiger charge is -2.12. The number of phenols is 1. The van der Waals surface area contributed by atoms with Crippen LogP contribution in [0.4, 0.5) is 10.1 Å². The molecule has 0 bridgehead atoms. The highest BCUT2D eigenvalue weighted by molar-refractivity contribution is 5.91. The molecule has 0 heterocycles. The number of halogens is 1. The zero-order valence-corrected chi connectivity index (χ0v) is 9.96. The molecule has 1 atom stereocenters. The van der Waals surface area contributed by atoms with Gasteiger partial charge in [-0.15, -0.1) is 0 Å². The van der Waals surface area contributed by atoms with E-state index in [-0.39, 0.29) is 11.9 Å². The van der Waals surface area contributed by atoms with Gasteiger partial charge in [-0.2, -0.15) is 0 Å². The third kappa shape index (κ3) is 4.40. The van der Waals surface area contributed by atoms with Gasteiger partial charge in [0, 0.05) is 24.2 Å². The van der Waals surface area contributed by atoms with Crippen LogP contribution < -0.4 is 10.6 Å². The lowest BCUT2D eigenvalue weighted by Crippen LogP contribution is -2.30. The number of phenolic OH excluding ortho intramolecular Hbond substituents is 1. The number of aromatic hydroxyl groups is 1. The summed E-state index contributed by atoms with van der Waals surface area (Å²) in [5.41, 5.74) is 0.342. The third-order valence-corrected chi connectivity index (χ3v) is 2.28. The second-order valence-corrected chi connectivity index (χ2v) is 3.88. The Morgan fingerprint density at radius 1 is 1.53 bits per heavy atom. The molecule has 3 N–H and O–H groups in total. The molecule has 0 fully saturated rings.